The van der Waals surface area contributed by atoms with E-state index in [-0.39, 0.29) is 0 Å². The molecule has 0 saturated carbocycles. The van der Waals surface area contributed by atoms with Crippen molar-refractivity contribution in [3.63, 3.8) is 0 Å². The van der Waals surface area contributed by atoms with Crippen molar-refractivity contribution in [3.05, 3.63) is 364 Å². The zero-order valence-electron chi connectivity index (χ0n) is 53.5. The molecule has 2 aromatic heterocycles. The maximum atomic E-state index is 6.57. The van der Waals surface area contributed by atoms with Gasteiger partial charge in [-0.05, 0) is 220 Å². The second kappa shape index (κ2) is 23.5. The van der Waals surface area contributed by atoms with E-state index in [0.717, 1.165) is 60.6 Å². The quantitative estimate of drug-likeness (QED) is 0.142. The molecule has 0 bridgehead atoms. The van der Waals surface area contributed by atoms with Crippen LogP contribution in [0.1, 0.15) is 0 Å². The van der Waals surface area contributed by atoms with Crippen molar-refractivity contribution < 1.29 is 8.83 Å². The lowest BCUT2D eigenvalue weighted by atomic mass is 9.84. The summed E-state index contributed by atoms with van der Waals surface area (Å²) in [5.74, 6) is 0. The Morgan fingerprint density at radius 2 is 0.429 bits per heavy atom. The van der Waals surface area contributed by atoms with E-state index in [2.05, 4.69) is 358 Å². The van der Waals surface area contributed by atoms with Gasteiger partial charge in [0, 0.05) is 21.5 Å². The highest BCUT2D eigenvalue weighted by Gasteiger charge is 2.22. The molecule has 0 aliphatic heterocycles. The molecule has 0 saturated heterocycles. The zero-order chi connectivity index (χ0) is 64.6. The van der Waals surface area contributed by atoms with Gasteiger partial charge in [-0.25, -0.2) is 0 Å². The van der Waals surface area contributed by atoms with Crippen LogP contribution < -0.4 is 0 Å². The van der Waals surface area contributed by atoms with Gasteiger partial charge in [-0.1, -0.05) is 297 Å². The van der Waals surface area contributed by atoms with Crippen molar-refractivity contribution in [1.29, 1.82) is 0 Å². The molecule has 0 aliphatic carbocycles. The lowest BCUT2D eigenvalue weighted by Gasteiger charge is -2.19. The van der Waals surface area contributed by atoms with E-state index < -0.39 is 0 Å². The molecule has 0 aliphatic rings. The molecule has 0 fully saturated rings. The summed E-state index contributed by atoms with van der Waals surface area (Å²) in [6, 6.07) is 131. The Bertz CT molecular complexity index is 6400. The fourth-order valence-corrected chi connectivity index (χ4v) is 15.5. The lowest BCUT2D eigenvalue weighted by molar-refractivity contribution is 0.669. The van der Waals surface area contributed by atoms with E-state index in [1.165, 1.54) is 137 Å². The first-order valence-corrected chi connectivity index (χ1v) is 33.7. The Morgan fingerprint density at radius 3 is 0.878 bits per heavy atom. The molecule has 18 aromatic carbocycles. The number of hydrogen-bond donors (Lipinski definition) is 0. The van der Waals surface area contributed by atoms with Gasteiger partial charge in [0.2, 0.25) is 0 Å². The van der Waals surface area contributed by atoms with E-state index in [9.17, 15) is 0 Å². The number of hydrogen-bond acceptors (Lipinski definition) is 2. The molecule has 0 spiro atoms. The largest absolute Gasteiger partial charge is 0.456 e. The predicted octanol–water partition coefficient (Wildman–Crippen LogP) is 27.4. The molecule has 0 N–H and O–H groups in total. The van der Waals surface area contributed by atoms with Crippen molar-refractivity contribution in [2.24, 2.45) is 0 Å². The molecule has 98 heavy (non-hydrogen) atoms. The van der Waals surface area contributed by atoms with Gasteiger partial charge in [0.1, 0.15) is 22.3 Å². The van der Waals surface area contributed by atoms with Crippen LogP contribution in [0.15, 0.2) is 373 Å². The van der Waals surface area contributed by atoms with E-state index in [1.54, 1.807) is 0 Å². The van der Waals surface area contributed by atoms with Crippen LogP contribution in [0.4, 0.5) is 0 Å². The van der Waals surface area contributed by atoms with Crippen LogP contribution in [0.5, 0.6) is 0 Å². The molecule has 0 radical (unpaired) electrons. The standard InChI is InChI=1S/2C48H30O/c1-3-12-31(13-4-1)33-22-25-37-35(28-33)16-11-21-39(37)48-42-19-9-7-17-40(42)47(41-18-8-10-20-43(41)48)36-23-26-38-44-29-34(32-14-5-2-6-15-32)24-27-45(44)49-46(38)30-36;1-3-11-31(12-4-1)33-19-20-35-28-37(22-21-34(35)27-33)47-41-15-7-9-17-43(41)48(44-18-10-8-16-42(44)47)38-24-26-40-39-25-23-36(32-13-5-2-6-14-32)29-45(39)49-46(40)30-38/h2*1-30H. The van der Waals surface area contributed by atoms with Crippen LogP contribution in [0.25, 0.3) is 198 Å². The summed E-state index contributed by atoms with van der Waals surface area (Å²) in [5, 5.41) is 19.4. The van der Waals surface area contributed by atoms with Crippen LogP contribution in [0.3, 0.4) is 0 Å². The Hall–Kier alpha value is -12.9. The van der Waals surface area contributed by atoms with Gasteiger partial charge in [-0.3, -0.25) is 0 Å². The van der Waals surface area contributed by atoms with Crippen molar-refractivity contribution >= 4 is 109 Å². The second-order valence-corrected chi connectivity index (χ2v) is 25.7. The molecule has 20 rings (SSSR count). The summed E-state index contributed by atoms with van der Waals surface area (Å²) in [6.45, 7) is 0. The smallest absolute Gasteiger partial charge is 0.136 e. The molecule has 0 amide bonds. The summed E-state index contributed by atoms with van der Waals surface area (Å²) in [5.41, 5.74) is 23.1. The van der Waals surface area contributed by atoms with E-state index in [4.69, 9.17) is 8.83 Å². The molecule has 2 heteroatoms. The molecule has 0 atom stereocenters. The minimum absolute atomic E-state index is 0.901. The Balaban J connectivity index is 0.000000137. The first-order valence-electron chi connectivity index (χ1n) is 33.7. The molecule has 456 valence electrons. The van der Waals surface area contributed by atoms with Gasteiger partial charge in [-0.15, -0.1) is 0 Å². The van der Waals surface area contributed by atoms with Gasteiger partial charge >= 0.3 is 0 Å². The molecular weight excluding hydrogens is 1190 g/mol. The SMILES string of the molecule is c1ccc(-c2ccc3c(-c4c5ccccc5c(-c5ccc6c(c5)oc5ccc(-c7ccccc7)cc56)c5ccccc45)cccc3c2)cc1.c1ccc(-c2ccc3cc(-c4c5ccccc5c(-c5ccc6c(c5)oc5cc(-c7ccccc7)ccc56)c5ccccc45)ccc3c2)cc1. The maximum absolute atomic E-state index is 6.57. The van der Waals surface area contributed by atoms with Gasteiger partial charge in [0.05, 0.1) is 0 Å². The highest BCUT2D eigenvalue weighted by molar-refractivity contribution is 6.25. The Kier molecular flexibility index (Phi) is 13.6. The lowest BCUT2D eigenvalue weighted by Crippen LogP contribution is -1.91. The fourth-order valence-electron chi connectivity index (χ4n) is 15.5. The molecule has 2 nitrogen and oxygen atoms in total. The maximum Gasteiger partial charge on any atom is 0.136 e. The van der Waals surface area contributed by atoms with E-state index in [0.29, 0.717) is 0 Å². The molecule has 0 unspecified atom stereocenters. The van der Waals surface area contributed by atoms with Crippen LogP contribution in [0.2, 0.25) is 0 Å². The summed E-state index contributed by atoms with van der Waals surface area (Å²) in [6.07, 6.45) is 0. The van der Waals surface area contributed by atoms with Gasteiger partial charge in [-0.2, -0.15) is 0 Å². The molecule has 2 heterocycles. The molecule has 20 aromatic rings. The summed E-state index contributed by atoms with van der Waals surface area (Å²) in [4.78, 5) is 0. The Morgan fingerprint density at radius 1 is 0.133 bits per heavy atom. The van der Waals surface area contributed by atoms with Crippen LogP contribution >= 0.6 is 0 Å². The van der Waals surface area contributed by atoms with E-state index >= 15 is 0 Å². The van der Waals surface area contributed by atoms with Crippen LogP contribution in [-0.4, -0.2) is 0 Å². The average molecular weight is 1250 g/mol. The van der Waals surface area contributed by atoms with Gasteiger partial charge < -0.3 is 8.83 Å². The molecular formula is C96H60O2. The Labute approximate surface area is 566 Å². The first kappa shape index (κ1) is 56.6. The number of furan rings is 2. The predicted molar refractivity (Wildman–Crippen MR) is 416 cm³/mol. The van der Waals surface area contributed by atoms with E-state index in [1.807, 2.05) is 6.07 Å². The first-order chi connectivity index (χ1) is 48.6. The second-order valence-electron chi connectivity index (χ2n) is 25.7. The van der Waals surface area contributed by atoms with Crippen LogP contribution in [-0.2, 0) is 0 Å². The van der Waals surface area contributed by atoms with Crippen molar-refractivity contribution in [3.8, 4) is 89.0 Å². The number of benzene rings is 18. The summed E-state index contributed by atoms with van der Waals surface area (Å²) < 4.78 is 13.1. The number of rotatable bonds is 8. The summed E-state index contributed by atoms with van der Waals surface area (Å²) in [7, 11) is 0. The third-order valence-corrected chi connectivity index (χ3v) is 20.1. The third kappa shape index (κ3) is 9.72. The minimum Gasteiger partial charge on any atom is -0.456 e. The fraction of sp³-hybridized carbons (Fsp3) is 0. The normalized spacial score (nSPS) is 11.7. The monoisotopic (exact) mass is 1240 g/mol. The average Bonchev–Trinajstić information content (AvgIpc) is 0.769. The van der Waals surface area contributed by atoms with Crippen molar-refractivity contribution in [2.45, 2.75) is 0 Å². The van der Waals surface area contributed by atoms with Gasteiger partial charge in [0.25, 0.3) is 0 Å². The zero-order valence-corrected chi connectivity index (χ0v) is 53.5. The highest BCUT2D eigenvalue weighted by Crippen LogP contribution is 2.49. The number of fused-ring (bicyclic) bond motifs is 12. The van der Waals surface area contributed by atoms with Crippen LogP contribution in [0, 0.1) is 0 Å². The minimum atomic E-state index is 0.901. The van der Waals surface area contributed by atoms with Gasteiger partial charge in [0.15, 0.2) is 0 Å². The third-order valence-electron chi connectivity index (χ3n) is 20.1. The van der Waals surface area contributed by atoms with Crippen molar-refractivity contribution in [1.82, 2.24) is 0 Å². The topological polar surface area (TPSA) is 26.3 Å². The van der Waals surface area contributed by atoms with Crippen molar-refractivity contribution in [2.75, 3.05) is 0 Å². The highest BCUT2D eigenvalue weighted by atomic mass is 16.3. The summed E-state index contributed by atoms with van der Waals surface area (Å²) >= 11 is 0.